The van der Waals surface area contributed by atoms with Crippen molar-refractivity contribution in [3.05, 3.63) is 54.2 Å². The van der Waals surface area contributed by atoms with Crippen LogP contribution in [0.4, 0.5) is 0 Å². The van der Waals surface area contributed by atoms with Crippen LogP contribution in [0.3, 0.4) is 0 Å². The first-order valence-electron chi connectivity index (χ1n) is 9.08. The highest BCUT2D eigenvalue weighted by molar-refractivity contribution is 14.0. The quantitative estimate of drug-likeness (QED) is 0.157. The van der Waals surface area contributed by atoms with Gasteiger partial charge in [0.05, 0.1) is 13.2 Å². The molecule has 0 aliphatic heterocycles. The summed E-state index contributed by atoms with van der Waals surface area (Å²) in [6, 6.07) is 14.2. The minimum absolute atomic E-state index is 0. The minimum atomic E-state index is 0. The SMILES string of the molecule is CCNC(=NCc1ccc(OCCOC)nc1)NCCSc1ccccc1.I. The van der Waals surface area contributed by atoms with Crippen LogP contribution in [0, 0.1) is 0 Å². The summed E-state index contributed by atoms with van der Waals surface area (Å²) in [5.74, 6) is 2.39. The number of halogens is 1. The van der Waals surface area contributed by atoms with Gasteiger partial charge in [0.25, 0.3) is 0 Å². The lowest BCUT2D eigenvalue weighted by Gasteiger charge is -2.11. The van der Waals surface area contributed by atoms with Crippen LogP contribution in [0.2, 0.25) is 0 Å². The van der Waals surface area contributed by atoms with E-state index in [1.54, 1.807) is 13.3 Å². The van der Waals surface area contributed by atoms with Gasteiger partial charge in [-0.1, -0.05) is 24.3 Å². The van der Waals surface area contributed by atoms with Gasteiger partial charge >= 0.3 is 0 Å². The Labute approximate surface area is 188 Å². The molecule has 1 aromatic carbocycles. The van der Waals surface area contributed by atoms with Crippen molar-refractivity contribution in [2.24, 2.45) is 4.99 Å². The number of hydrogen-bond acceptors (Lipinski definition) is 5. The Morgan fingerprint density at radius 1 is 1.11 bits per heavy atom. The van der Waals surface area contributed by atoms with Gasteiger partial charge in [-0.2, -0.15) is 0 Å². The molecule has 154 valence electrons. The van der Waals surface area contributed by atoms with Crippen molar-refractivity contribution in [2.75, 3.05) is 39.2 Å². The van der Waals surface area contributed by atoms with Gasteiger partial charge in [-0.25, -0.2) is 9.98 Å². The molecule has 8 heteroatoms. The molecule has 2 aromatic rings. The average molecular weight is 516 g/mol. The Kier molecular flexibility index (Phi) is 13.5. The molecular weight excluding hydrogens is 487 g/mol. The number of thioether (sulfide) groups is 1. The molecule has 0 saturated heterocycles. The Morgan fingerprint density at radius 3 is 2.61 bits per heavy atom. The van der Waals surface area contributed by atoms with Crippen LogP contribution < -0.4 is 15.4 Å². The first kappa shape index (κ1) is 24.5. The highest BCUT2D eigenvalue weighted by atomic mass is 127. The number of nitrogens with zero attached hydrogens (tertiary/aromatic N) is 2. The van der Waals surface area contributed by atoms with Crippen LogP contribution in [0.5, 0.6) is 5.88 Å². The highest BCUT2D eigenvalue weighted by Gasteiger charge is 2.00. The van der Waals surface area contributed by atoms with Crippen molar-refractivity contribution in [1.29, 1.82) is 0 Å². The molecule has 1 aromatic heterocycles. The van der Waals surface area contributed by atoms with Crippen LogP contribution in [0.1, 0.15) is 12.5 Å². The molecule has 0 unspecified atom stereocenters. The summed E-state index contributed by atoms with van der Waals surface area (Å²) in [6.07, 6.45) is 1.79. The number of guanidine groups is 1. The lowest BCUT2D eigenvalue weighted by atomic mass is 10.3. The van der Waals surface area contributed by atoms with E-state index in [2.05, 4.69) is 51.8 Å². The maximum atomic E-state index is 5.47. The molecule has 0 fully saturated rings. The van der Waals surface area contributed by atoms with Gasteiger partial charge in [-0.15, -0.1) is 35.7 Å². The molecule has 0 spiro atoms. The smallest absolute Gasteiger partial charge is 0.213 e. The molecule has 0 aliphatic rings. The van der Waals surface area contributed by atoms with Crippen LogP contribution in [-0.4, -0.2) is 50.1 Å². The second-order valence-electron chi connectivity index (χ2n) is 5.63. The number of hydrogen-bond donors (Lipinski definition) is 2. The maximum Gasteiger partial charge on any atom is 0.213 e. The number of nitrogens with one attached hydrogen (secondary N) is 2. The van der Waals surface area contributed by atoms with Gasteiger partial charge in [-0.3, -0.25) is 0 Å². The zero-order valence-electron chi connectivity index (χ0n) is 16.4. The van der Waals surface area contributed by atoms with Crippen molar-refractivity contribution in [2.45, 2.75) is 18.4 Å². The average Bonchev–Trinajstić information content (AvgIpc) is 2.71. The third-order valence-electron chi connectivity index (χ3n) is 3.51. The van der Waals surface area contributed by atoms with E-state index in [9.17, 15) is 0 Å². The van der Waals surface area contributed by atoms with Crippen molar-refractivity contribution in [1.82, 2.24) is 15.6 Å². The number of methoxy groups -OCH3 is 1. The van der Waals surface area contributed by atoms with Gasteiger partial charge < -0.3 is 20.1 Å². The molecule has 28 heavy (non-hydrogen) atoms. The summed E-state index contributed by atoms with van der Waals surface area (Å²) in [4.78, 5) is 10.2. The predicted octanol–water partition coefficient (Wildman–Crippen LogP) is 3.57. The normalized spacial score (nSPS) is 10.9. The van der Waals surface area contributed by atoms with E-state index in [1.165, 1.54) is 4.90 Å². The lowest BCUT2D eigenvalue weighted by Crippen LogP contribution is -2.38. The summed E-state index contributed by atoms with van der Waals surface area (Å²) in [7, 11) is 1.65. The van der Waals surface area contributed by atoms with Crippen molar-refractivity contribution >= 4 is 41.7 Å². The maximum absolute atomic E-state index is 5.47. The standard InChI is InChI=1S/C20H28N4O2S.HI/c1-3-21-20(22-11-14-27-18-7-5-4-6-8-18)24-16-17-9-10-19(23-15-17)26-13-12-25-2;/h4-10,15H,3,11-14,16H2,1-2H3,(H2,21,22,24);1H. The first-order chi connectivity index (χ1) is 13.3. The fraction of sp³-hybridized carbons (Fsp3) is 0.400. The zero-order valence-corrected chi connectivity index (χ0v) is 19.5. The van der Waals surface area contributed by atoms with Crippen LogP contribution >= 0.6 is 35.7 Å². The molecule has 0 atom stereocenters. The van der Waals surface area contributed by atoms with E-state index in [0.717, 1.165) is 30.4 Å². The van der Waals surface area contributed by atoms with E-state index in [4.69, 9.17) is 9.47 Å². The number of ether oxygens (including phenoxy) is 2. The molecule has 6 nitrogen and oxygen atoms in total. The van der Waals surface area contributed by atoms with Crippen molar-refractivity contribution < 1.29 is 9.47 Å². The third-order valence-corrected chi connectivity index (χ3v) is 4.52. The van der Waals surface area contributed by atoms with E-state index in [0.29, 0.717) is 25.6 Å². The first-order valence-corrected chi connectivity index (χ1v) is 10.1. The van der Waals surface area contributed by atoms with Gasteiger partial charge in [0.2, 0.25) is 5.88 Å². The molecular formula is C20H29IN4O2S. The Morgan fingerprint density at radius 2 is 1.93 bits per heavy atom. The monoisotopic (exact) mass is 516 g/mol. The number of aliphatic imine (C=N–C) groups is 1. The Hall–Kier alpha value is -1.52. The third kappa shape index (κ3) is 10.1. The topological polar surface area (TPSA) is 67.8 Å². The fourth-order valence-corrected chi connectivity index (χ4v) is 2.98. The Bertz CT molecular complexity index is 672. The van der Waals surface area contributed by atoms with Gasteiger partial charge in [-0.05, 0) is 24.6 Å². The molecule has 0 aliphatic carbocycles. The molecule has 0 amide bonds. The van der Waals surface area contributed by atoms with Crippen LogP contribution in [-0.2, 0) is 11.3 Å². The number of aromatic nitrogens is 1. The van der Waals surface area contributed by atoms with Gasteiger partial charge in [0.15, 0.2) is 5.96 Å². The molecule has 0 saturated carbocycles. The van der Waals surface area contributed by atoms with Crippen molar-refractivity contribution in [3.8, 4) is 5.88 Å². The van der Waals surface area contributed by atoms with Gasteiger partial charge in [0, 0.05) is 43.1 Å². The van der Waals surface area contributed by atoms with Crippen LogP contribution in [0.25, 0.3) is 0 Å². The second-order valence-corrected chi connectivity index (χ2v) is 6.80. The van der Waals surface area contributed by atoms with Crippen molar-refractivity contribution in [3.63, 3.8) is 0 Å². The minimum Gasteiger partial charge on any atom is -0.475 e. The summed E-state index contributed by atoms with van der Waals surface area (Å²) in [5.41, 5.74) is 1.03. The predicted molar refractivity (Wildman–Crippen MR) is 127 cm³/mol. The summed E-state index contributed by atoms with van der Waals surface area (Å²) in [5, 5.41) is 6.63. The molecule has 2 N–H and O–H groups in total. The van der Waals surface area contributed by atoms with Crippen LogP contribution in [0.15, 0.2) is 58.5 Å². The second kappa shape index (κ2) is 15.4. The summed E-state index contributed by atoms with van der Waals surface area (Å²) >= 11 is 1.83. The van der Waals surface area contributed by atoms with E-state index >= 15 is 0 Å². The fourth-order valence-electron chi connectivity index (χ4n) is 2.19. The molecule has 0 radical (unpaired) electrons. The highest BCUT2D eigenvalue weighted by Crippen LogP contribution is 2.15. The number of pyridine rings is 1. The summed E-state index contributed by atoms with van der Waals surface area (Å²) < 4.78 is 10.4. The molecule has 2 rings (SSSR count). The molecule has 1 heterocycles. The number of rotatable bonds is 11. The van der Waals surface area contributed by atoms with E-state index in [1.807, 2.05) is 30.0 Å². The lowest BCUT2D eigenvalue weighted by molar-refractivity contribution is 0.143. The number of benzene rings is 1. The van der Waals surface area contributed by atoms with E-state index < -0.39 is 0 Å². The largest absolute Gasteiger partial charge is 0.475 e. The molecule has 0 bridgehead atoms. The van der Waals surface area contributed by atoms with Gasteiger partial charge in [0.1, 0.15) is 6.61 Å². The zero-order chi connectivity index (χ0) is 19.2. The Balaban J connectivity index is 0.00000392. The van der Waals surface area contributed by atoms with E-state index in [-0.39, 0.29) is 24.0 Å². The summed E-state index contributed by atoms with van der Waals surface area (Å²) in [6.45, 7) is 5.33.